The number of hydrogen-bond donors (Lipinski definition) is 3. The number of carbonyl (C=O) groups excluding carboxylic acids is 3. The molecule has 1 aliphatic rings. The Morgan fingerprint density at radius 3 is 2.05 bits per heavy atom. The van der Waals surface area contributed by atoms with Crippen LogP contribution in [0.2, 0.25) is 0 Å². The Kier molecular flexibility index (Phi) is 10.6. The van der Waals surface area contributed by atoms with Gasteiger partial charge in [-0.05, 0) is 54.3 Å². The number of esters is 1. The Hall–Kier alpha value is -3.66. The van der Waals surface area contributed by atoms with E-state index in [1.807, 2.05) is 91.2 Å². The van der Waals surface area contributed by atoms with E-state index >= 15 is 0 Å². The number of rotatable bonds is 12. The SMILES string of the molecule is CSc1ccc(C[C@@H](NC(=O)OCc2ccccc2)[C@H](O)C(=O)C2(C(=O)OCc3ccccc3)CCCC2N)cc1. The molecule has 0 saturated heterocycles. The molecule has 1 saturated carbocycles. The molecule has 0 radical (unpaired) electrons. The van der Waals surface area contributed by atoms with Crippen LogP contribution < -0.4 is 11.1 Å². The monoisotopic (exact) mass is 576 g/mol. The second-order valence-corrected chi connectivity index (χ2v) is 11.1. The summed E-state index contributed by atoms with van der Waals surface area (Å²) in [5.74, 6) is -1.51. The highest BCUT2D eigenvalue weighted by atomic mass is 32.2. The number of amides is 1. The highest BCUT2D eigenvalue weighted by Crippen LogP contribution is 2.41. The van der Waals surface area contributed by atoms with E-state index in [9.17, 15) is 19.5 Å². The molecule has 4 N–H and O–H groups in total. The van der Waals surface area contributed by atoms with Crippen LogP contribution in [0.25, 0.3) is 0 Å². The number of nitrogens with two attached hydrogens (primary N) is 1. The van der Waals surface area contributed by atoms with E-state index in [2.05, 4.69) is 5.32 Å². The summed E-state index contributed by atoms with van der Waals surface area (Å²) >= 11 is 1.59. The second-order valence-electron chi connectivity index (χ2n) is 10.2. The number of ether oxygens (including phenoxy) is 2. The molecule has 3 aromatic carbocycles. The number of aliphatic hydroxyl groups is 1. The van der Waals surface area contributed by atoms with E-state index in [1.54, 1.807) is 11.8 Å². The van der Waals surface area contributed by atoms with Crippen LogP contribution >= 0.6 is 11.8 Å². The van der Waals surface area contributed by atoms with Gasteiger partial charge in [0.25, 0.3) is 0 Å². The Morgan fingerprint density at radius 1 is 0.927 bits per heavy atom. The standard InChI is InChI=1S/C32H36N2O6S/c1-41-25-16-14-22(15-17-25)19-26(34-31(38)40-21-24-11-6-3-7-12-24)28(35)29(36)32(18-8-13-27(32)33)30(37)39-20-23-9-4-2-5-10-23/h2-7,9-12,14-17,26-28,35H,8,13,18-21,33H2,1H3,(H,34,38)/t26-,27?,28+,32?/m1/s1. The van der Waals surface area contributed by atoms with Gasteiger partial charge < -0.3 is 25.6 Å². The molecule has 3 aromatic rings. The van der Waals surface area contributed by atoms with Crippen LogP contribution in [-0.2, 0) is 38.7 Å². The van der Waals surface area contributed by atoms with Gasteiger partial charge in [0, 0.05) is 10.9 Å². The molecule has 4 atom stereocenters. The minimum Gasteiger partial charge on any atom is -0.460 e. The molecule has 216 valence electrons. The van der Waals surface area contributed by atoms with Gasteiger partial charge >= 0.3 is 12.1 Å². The summed E-state index contributed by atoms with van der Waals surface area (Å²) in [6.45, 7) is -0.000718. The minimum atomic E-state index is -1.73. The van der Waals surface area contributed by atoms with E-state index in [0.717, 1.165) is 21.6 Å². The first-order valence-corrected chi connectivity index (χ1v) is 14.8. The number of thioether (sulfide) groups is 1. The summed E-state index contributed by atoms with van der Waals surface area (Å²) in [6.07, 6.45) is 0.707. The fraction of sp³-hybridized carbons (Fsp3) is 0.344. The summed E-state index contributed by atoms with van der Waals surface area (Å²) in [4.78, 5) is 41.4. The van der Waals surface area contributed by atoms with Gasteiger partial charge in [-0.15, -0.1) is 11.8 Å². The molecule has 1 fully saturated rings. The number of benzene rings is 3. The molecule has 0 bridgehead atoms. The zero-order chi connectivity index (χ0) is 29.2. The molecule has 8 nitrogen and oxygen atoms in total. The maximum Gasteiger partial charge on any atom is 0.407 e. The Morgan fingerprint density at radius 2 is 1.51 bits per heavy atom. The van der Waals surface area contributed by atoms with Crippen molar-refractivity contribution < 1.29 is 29.0 Å². The van der Waals surface area contributed by atoms with Crippen LogP contribution in [-0.4, -0.2) is 47.4 Å². The van der Waals surface area contributed by atoms with Crippen LogP contribution in [0.15, 0.2) is 89.8 Å². The average molecular weight is 577 g/mol. The average Bonchev–Trinajstić information content (AvgIpc) is 3.41. The summed E-state index contributed by atoms with van der Waals surface area (Å²) in [5.41, 5.74) is 7.01. The lowest BCUT2D eigenvalue weighted by Gasteiger charge is -2.34. The second kappa shape index (κ2) is 14.3. The summed E-state index contributed by atoms with van der Waals surface area (Å²) in [6, 6.07) is 24.0. The van der Waals surface area contributed by atoms with E-state index in [0.29, 0.717) is 12.8 Å². The van der Waals surface area contributed by atoms with Crippen molar-refractivity contribution in [3.05, 3.63) is 102 Å². The highest BCUT2D eigenvalue weighted by molar-refractivity contribution is 7.98. The highest BCUT2D eigenvalue weighted by Gasteiger charge is 2.57. The van der Waals surface area contributed by atoms with Gasteiger partial charge in [0.2, 0.25) is 0 Å². The fourth-order valence-corrected chi connectivity index (χ4v) is 5.57. The number of alkyl carbamates (subject to hydrolysis) is 1. The van der Waals surface area contributed by atoms with Crippen molar-refractivity contribution in [3.63, 3.8) is 0 Å². The minimum absolute atomic E-state index is 0.0203. The van der Waals surface area contributed by atoms with Gasteiger partial charge in [0.05, 0.1) is 6.04 Å². The van der Waals surface area contributed by atoms with Crippen LogP contribution in [0.1, 0.15) is 36.0 Å². The van der Waals surface area contributed by atoms with Crippen molar-refractivity contribution in [2.45, 2.75) is 62.0 Å². The number of carbonyl (C=O) groups is 3. The molecule has 4 rings (SSSR count). The molecular formula is C32H36N2O6S. The predicted octanol–water partition coefficient (Wildman–Crippen LogP) is 4.42. The first kappa shape index (κ1) is 30.3. The molecule has 0 aliphatic heterocycles. The van der Waals surface area contributed by atoms with Crippen molar-refractivity contribution in [1.29, 1.82) is 0 Å². The largest absolute Gasteiger partial charge is 0.460 e. The third kappa shape index (κ3) is 7.55. The quantitative estimate of drug-likeness (QED) is 0.164. The van der Waals surface area contributed by atoms with Gasteiger partial charge in [-0.2, -0.15) is 0 Å². The van der Waals surface area contributed by atoms with Gasteiger partial charge in [0.1, 0.15) is 24.7 Å². The zero-order valence-corrected chi connectivity index (χ0v) is 23.8. The van der Waals surface area contributed by atoms with Gasteiger partial charge in [0.15, 0.2) is 5.78 Å². The van der Waals surface area contributed by atoms with Gasteiger partial charge in [-0.3, -0.25) is 9.59 Å². The van der Waals surface area contributed by atoms with Crippen LogP contribution in [0.3, 0.4) is 0 Å². The summed E-state index contributed by atoms with van der Waals surface area (Å²) in [7, 11) is 0. The van der Waals surface area contributed by atoms with E-state index < -0.39 is 41.4 Å². The Bertz CT molecular complexity index is 1300. The predicted molar refractivity (Wildman–Crippen MR) is 157 cm³/mol. The normalized spacial score (nSPS) is 19.6. The number of hydrogen-bond acceptors (Lipinski definition) is 8. The third-order valence-electron chi connectivity index (χ3n) is 7.52. The summed E-state index contributed by atoms with van der Waals surface area (Å²) in [5, 5.41) is 14.1. The van der Waals surface area contributed by atoms with E-state index in [4.69, 9.17) is 15.2 Å². The van der Waals surface area contributed by atoms with Crippen LogP contribution in [0, 0.1) is 5.41 Å². The van der Waals surface area contributed by atoms with Crippen molar-refractivity contribution in [3.8, 4) is 0 Å². The molecule has 1 aliphatic carbocycles. The topological polar surface area (TPSA) is 128 Å². The van der Waals surface area contributed by atoms with Gasteiger partial charge in [-0.1, -0.05) is 79.2 Å². The molecule has 0 spiro atoms. The molecular weight excluding hydrogens is 540 g/mol. The lowest BCUT2D eigenvalue weighted by Crippen LogP contribution is -2.59. The van der Waals surface area contributed by atoms with Crippen molar-refractivity contribution in [1.82, 2.24) is 5.32 Å². The molecule has 0 heterocycles. The smallest absolute Gasteiger partial charge is 0.407 e. The number of aliphatic hydroxyl groups excluding tert-OH is 1. The van der Waals surface area contributed by atoms with Crippen LogP contribution in [0.4, 0.5) is 4.79 Å². The molecule has 41 heavy (non-hydrogen) atoms. The van der Waals surface area contributed by atoms with Gasteiger partial charge in [-0.25, -0.2) is 4.79 Å². The molecule has 2 unspecified atom stereocenters. The van der Waals surface area contributed by atoms with E-state index in [-0.39, 0.29) is 26.1 Å². The summed E-state index contributed by atoms with van der Waals surface area (Å²) < 4.78 is 11.0. The molecule has 1 amide bonds. The number of Topliss-reactive ketones (excluding diaryl/α,β-unsaturated/α-hetero) is 1. The number of nitrogens with one attached hydrogen (secondary N) is 1. The van der Waals surface area contributed by atoms with Crippen molar-refractivity contribution in [2.75, 3.05) is 6.26 Å². The third-order valence-corrected chi connectivity index (χ3v) is 8.26. The maximum absolute atomic E-state index is 14.0. The van der Waals surface area contributed by atoms with E-state index in [1.165, 1.54) is 0 Å². The lowest BCUT2D eigenvalue weighted by atomic mass is 9.74. The number of ketones is 1. The van der Waals surface area contributed by atoms with Crippen LogP contribution in [0.5, 0.6) is 0 Å². The first-order valence-electron chi connectivity index (χ1n) is 13.6. The van der Waals surface area contributed by atoms with Crippen molar-refractivity contribution >= 4 is 29.6 Å². The lowest BCUT2D eigenvalue weighted by molar-refractivity contribution is -0.165. The Labute approximate surface area is 244 Å². The van der Waals surface area contributed by atoms with Crippen molar-refractivity contribution in [2.24, 2.45) is 11.1 Å². The molecule has 0 aromatic heterocycles. The Balaban J connectivity index is 1.54. The molecule has 9 heteroatoms. The maximum atomic E-state index is 14.0. The first-order chi connectivity index (χ1) is 19.8. The fourth-order valence-electron chi connectivity index (χ4n) is 5.16. The zero-order valence-electron chi connectivity index (χ0n) is 23.0.